The average molecular weight is 393 g/mol. The molecule has 0 aromatic heterocycles. The van der Waals surface area contributed by atoms with E-state index in [1.165, 1.54) is 37.7 Å². The number of carbonyl (C=O) groups is 1. The number of ether oxygens (including phenoxy) is 1. The van der Waals surface area contributed by atoms with Gasteiger partial charge in [0.15, 0.2) is 0 Å². The van der Waals surface area contributed by atoms with Crippen molar-refractivity contribution in [3.63, 3.8) is 0 Å². The van der Waals surface area contributed by atoms with Gasteiger partial charge < -0.3 is 4.74 Å². The fourth-order valence-corrected chi connectivity index (χ4v) is 4.84. The molecule has 0 aliphatic heterocycles. The Morgan fingerprint density at radius 3 is 2.62 bits per heavy atom. The van der Waals surface area contributed by atoms with Crippen LogP contribution in [0.3, 0.4) is 0 Å². The molecule has 0 radical (unpaired) electrons. The smallest absolute Gasteiger partial charge is 0.334 e. The van der Waals surface area contributed by atoms with Crippen molar-refractivity contribution in [2.24, 2.45) is 27.7 Å². The third-order valence-electron chi connectivity index (χ3n) is 6.62. The highest BCUT2D eigenvalue weighted by atomic mass is 16.5. The highest BCUT2D eigenvalue weighted by molar-refractivity contribution is 6.48. The molecule has 0 amide bonds. The van der Waals surface area contributed by atoms with Gasteiger partial charge in [0, 0.05) is 11.5 Å². The van der Waals surface area contributed by atoms with Crippen LogP contribution in [-0.2, 0) is 16.1 Å². The first-order chi connectivity index (χ1) is 14.2. The van der Waals surface area contributed by atoms with Crippen molar-refractivity contribution in [2.45, 2.75) is 65.0 Å². The molecular formula is C25H32N2O2. The standard InChI is InChI=1S/C25H32N2O2/c1-3-29-25(28)19-14-21-17(2)23(21)24(27-20-12-8-5-9-13-20)22(15-19)26-16-18-10-6-4-7-11-18/h4,6-7,10-11,15,17,20-21,23H,3,5,8-9,12-14,16H2,1-2H3. The van der Waals surface area contributed by atoms with E-state index in [1.54, 1.807) is 0 Å². The number of hydrogen-bond donors (Lipinski definition) is 0. The lowest BCUT2D eigenvalue weighted by molar-refractivity contribution is -0.138. The molecule has 1 aromatic carbocycles. The van der Waals surface area contributed by atoms with E-state index in [-0.39, 0.29) is 5.97 Å². The molecule has 0 spiro atoms. The fourth-order valence-electron chi connectivity index (χ4n) is 4.84. The van der Waals surface area contributed by atoms with E-state index in [2.05, 4.69) is 19.1 Å². The molecule has 3 atom stereocenters. The largest absolute Gasteiger partial charge is 0.463 e. The van der Waals surface area contributed by atoms with Gasteiger partial charge in [0.25, 0.3) is 0 Å². The molecule has 2 fully saturated rings. The van der Waals surface area contributed by atoms with Crippen molar-refractivity contribution >= 4 is 17.4 Å². The Bertz CT molecular complexity index is 818. The maximum absolute atomic E-state index is 12.6. The number of benzene rings is 1. The number of fused-ring (bicyclic) bond motifs is 1. The molecule has 3 unspecified atom stereocenters. The van der Waals surface area contributed by atoms with Gasteiger partial charge in [0.05, 0.1) is 30.6 Å². The first-order valence-electron chi connectivity index (χ1n) is 11.2. The molecule has 29 heavy (non-hydrogen) atoms. The van der Waals surface area contributed by atoms with Crippen LogP contribution in [0.4, 0.5) is 0 Å². The first-order valence-corrected chi connectivity index (χ1v) is 11.2. The van der Waals surface area contributed by atoms with Crippen molar-refractivity contribution in [1.29, 1.82) is 0 Å². The van der Waals surface area contributed by atoms with Crippen LogP contribution in [0, 0.1) is 17.8 Å². The van der Waals surface area contributed by atoms with Crippen LogP contribution >= 0.6 is 0 Å². The maximum Gasteiger partial charge on any atom is 0.334 e. The third kappa shape index (κ3) is 4.68. The lowest BCUT2D eigenvalue weighted by Gasteiger charge is -2.20. The quantitative estimate of drug-likeness (QED) is 0.649. The predicted octanol–water partition coefficient (Wildman–Crippen LogP) is 5.18. The molecule has 1 aromatic rings. The average Bonchev–Trinajstić information content (AvgIpc) is 3.42. The summed E-state index contributed by atoms with van der Waals surface area (Å²) in [6.45, 7) is 5.16. The Kier molecular flexibility index (Phi) is 6.27. The summed E-state index contributed by atoms with van der Waals surface area (Å²) in [6, 6.07) is 10.7. The molecular weight excluding hydrogens is 360 g/mol. The topological polar surface area (TPSA) is 51.0 Å². The summed E-state index contributed by atoms with van der Waals surface area (Å²) in [6.07, 6.45) is 8.97. The molecule has 0 saturated heterocycles. The van der Waals surface area contributed by atoms with Crippen LogP contribution < -0.4 is 0 Å². The molecule has 3 aliphatic carbocycles. The van der Waals surface area contributed by atoms with Crippen molar-refractivity contribution in [3.05, 3.63) is 47.5 Å². The molecule has 0 N–H and O–H groups in total. The Morgan fingerprint density at radius 2 is 1.90 bits per heavy atom. The highest BCUT2D eigenvalue weighted by Gasteiger charge is 2.52. The van der Waals surface area contributed by atoms with Gasteiger partial charge >= 0.3 is 5.97 Å². The number of esters is 1. The minimum atomic E-state index is -0.198. The lowest BCUT2D eigenvalue weighted by Crippen LogP contribution is -2.21. The zero-order chi connectivity index (χ0) is 20.2. The summed E-state index contributed by atoms with van der Waals surface area (Å²) in [4.78, 5) is 22.8. The van der Waals surface area contributed by atoms with Crippen molar-refractivity contribution in [3.8, 4) is 0 Å². The van der Waals surface area contributed by atoms with E-state index in [4.69, 9.17) is 14.7 Å². The van der Waals surface area contributed by atoms with Crippen molar-refractivity contribution in [1.82, 2.24) is 0 Å². The Labute approximate surface area is 174 Å². The molecule has 154 valence electrons. The van der Waals surface area contributed by atoms with Crippen molar-refractivity contribution in [2.75, 3.05) is 6.61 Å². The molecule has 0 heterocycles. The monoisotopic (exact) mass is 392 g/mol. The number of carbonyl (C=O) groups excluding carboxylic acids is 1. The molecule has 3 aliphatic rings. The van der Waals surface area contributed by atoms with E-state index in [1.807, 2.05) is 31.2 Å². The van der Waals surface area contributed by atoms with E-state index < -0.39 is 0 Å². The SMILES string of the molecule is CCOC(=O)C1=CC(=NCc2ccccc2)C(=NC2CCCCC2)C2C(C)C2C1. The Balaban J connectivity index is 1.69. The normalized spacial score (nSPS) is 29.9. The number of rotatable bonds is 5. The maximum atomic E-state index is 12.6. The van der Waals surface area contributed by atoms with Gasteiger partial charge in [-0.25, -0.2) is 4.79 Å². The summed E-state index contributed by atoms with van der Waals surface area (Å²) in [5, 5.41) is 0. The van der Waals surface area contributed by atoms with Crippen LogP contribution in [0.15, 0.2) is 52.0 Å². The second-order valence-electron chi connectivity index (χ2n) is 8.64. The van der Waals surface area contributed by atoms with Crippen molar-refractivity contribution < 1.29 is 9.53 Å². The number of nitrogens with zero attached hydrogens (tertiary/aromatic N) is 2. The van der Waals surface area contributed by atoms with Crippen LogP contribution in [0.5, 0.6) is 0 Å². The molecule has 4 nitrogen and oxygen atoms in total. The highest BCUT2D eigenvalue weighted by Crippen LogP contribution is 2.52. The lowest BCUT2D eigenvalue weighted by atomic mass is 9.95. The van der Waals surface area contributed by atoms with Crippen LogP contribution in [-0.4, -0.2) is 30.0 Å². The van der Waals surface area contributed by atoms with Gasteiger partial charge in [-0.15, -0.1) is 0 Å². The molecule has 0 bridgehead atoms. The minimum Gasteiger partial charge on any atom is -0.463 e. The van der Waals surface area contributed by atoms with Crippen LogP contribution in [0.2, 0.25) is 0 Å². The minimum absolute atomic E-state index is 0.198. The Morgan fingerprint density at radius 1 is 1.14 bits per heavy atom. The van der Waals surface area contributed by atoms with E-state index >= 15 is 0 Å². The van der Waals surface area contributed by atoms with Gasteiger partial charge in [-0.3, -0.25) is 9.98 Å². The molecule has 4 heteroatoms. The summed E-state index contributed by atoms with van der Waals surface area (Å²) in [5.74, 6) is 1.26. The predicted molar refractivity (Wildman–Crippen MR) is 117 cm³/mol. The van der Waals surface area contributed by atoms with Gasteiger partial charge in [-0.1, -0.05) is 56.5 Å². The number of aliphatic imine (C=N–C) groups is 2. The van der Waals surface area contributed by atoms with Gasteiger partial charge in [0.1, 0.15) is 0 Å². The van der Waals surface area contributed by atoms with Gasteiger partial charge in [0.2, 0.25) is 0 Å². The first kappa shape index (κ1) is 20.1. The van der Waals surface area contributed by atoms with E-state index in [9.17, 15) is 4.79 Å². The third-order valence-corrected chi connectivity index (χ3v) is 6.62. The summed E-state index contributed by atoms with van der Waals surface area (Å²) < 4.78 is 5.33. The second kappa shape index (κ2) is 9.06. The zero-order valence-corrected chi connectivity index (χ0v) is 17.6. The van der Waals surface area contributed by atoms with E-state index in [0.29, 0.717) is 36.9 Å². The zero-order valence-electron chi connectivity index (χ0n) is 17.6. The molecule has 2 saturated carbocycles. The summed E-state index contributed by atoms with van der Waals surface area (Å²) in [7, 11) is 0. The van der Waals surface area contributed by atoms with Crippen LogP contribution in [0.25, 0.3) is 0 Å². The van der Waals surface area contributed by atoms with Gasteiger partial charge in [-0.05, 0) is 49.7 Å². The Hall–Kier alpha value is -2.23. The summed E-state index contributed by atoms with van der Waals surface area (Å²) >= 11 is 0. The van der Waals surface area contributed by atoms with Crippen LogP contribution in [0.1, 0.15) is 57.9 Å². The van der Waals surface area contributed by atoms with E-state index in [0.717, 1.165) is 23.4 Å². The van der Waals surface area contributed by atoms with Gasteiger partial charge in [-0.2, -0.15) is 0 Å². The molecule has 4 rings (SSSR count). The number of allylic oxidation sites excluding steroid dienone is 1. The number of hydrogen-bond acceptors (Lipinski definition) is 4. The fraction of sp³-hybridized carbons (Fsp3) is 0.560. The second-order valence-corrected chi connectivity index (χ2v) is 8.64. The summed E-state index contributed by atoms with van der Waals surface area (Å²) in [5.41, 5.74) is 3.98.